The largest absolute Gasteiger partial charge is 0.471 e. The lowest BCUT2D eigenvalue weighted by Crippen LogP contribution is -2.39. The fourth-order valence-electron chi connectivity index (χ4n) is 2.70. The van der Waals surface area contributed by atoms with Crippen molar-refractivity contribution in [2.75, 3.05) is 25.0 Å². The molecular formula is C14H17F3N6O4. The second-order valence-electron chi connectivity index (χ2n) is 5.84. The van der Waals surface area contributed by atoms with Gasteiger partial charge in [-0.25, -0.2) is 15.0 Å². The molecule has 1 amide bonds. The normalized spacial score (nSPS) is 22.9. The Balaban J connectivity index is 1.66. The minimum atomic E-state index is -4.93. The van der Waals surface area contributed by atoms with Crippen LogP contribution >= 0.6 is 0 Å². The van der Waals surface area contributed by atoms with Crippen LogP contribution in [0.1, 0.15) is 12.6 Å². The van der Waals surface area contributed by atoms with E-state index in [2.05, 4.69) is 20.3 Å². The van der Waals surface area contributed by atoms with E-state index in [1.807, 2.05) is 0 Å². The number of hydrogen-bond donors (Lipinski definition) is 4. The van der Waals surface area contributed by atoms with Crippen molar-refractivity contribution in [1.82, 2.24) is 24.8 Å². The highest BCUT2D eigenvalue weighted by Crippen LogP contribution is 2.31. The topological polar surface area (TPSA) is 134 Å². The molecule has 3 rings (SSSR count). The number of halogens is 3. The van der Waals surface area contributed by atoms with E-state index in [1.54, 1.807) is 9.88 Å². The molecule has 1 aliphatic heterocycles. The highest BCUT2D eigenvalue weighted by Gasteiger charge is 2.38. The number of amides is 1. The van der Waals surface area contributed by atoms with Gasteiger partial charge in [0.05, 0.1) is 19.0 Å². The lowest BCUT2D eigenvalue weighted by molar-refractivity contribution is -0.173. The molecule has 3 unspecified atom stereocenters. The highest BCUT2D eigenvalue weighted by atomic mass is 19.4. The monoisotopic (exact) mass is 390 g/mol. The number of fused-ring (bicyclic) bond motifs is 1. The van der Waals surface area contributed by atoms with Gasteiger partial charge in [-0.05, 0) is 0 Å². The molecule has 0 aliphatic carbocycles. The van der Waals surface area contributed by atoms with E-state index in [9.17, 15) is 28.2 Å². The Morgan fingerprint density at radius 2 is 2.11 bits per heavy atom. The quantitative estimate of drug-likeness (QED) is 0.488. The van der Waals surface area contributed by atoms with Gasteiger partial charge in [-0.3, -0.25) is 9.36 Å². The van der Waals surface area contributed by atoms with Gasteiger partial charge >= 0.3 is 12.1 Å². The van der Waals surface area contributed by atoms with E-state index in [0.29, 0.717) is 11.2 Å². The third-order valence-corrected chi connectivity index (χ3v) is 4.01. The average molecular weight is 390 g/mol. The Kier molecular flexibility index (Phi) is 5.43. The van der Waals surface area contributed by atoms with Crippen molar-refractivity contribution in [2.45, 2.75) is 31.0 Å². The summed E-state index contributed by atoms with van der Waals surface area (Å²) in [6, 6.07) is 0. The molecule has 0 saturated carbocycles. The molecule has 3 heterocycles. The Bertz CT molecular complexity index is 814. The molecule has 27 heavy (non-hydrogen) atoms. The van der Waals surface area contributed by atoms with Gasteiger partial charge in [-0.2, -0.15) is 13.2 Å². The molecule has 1 aliphatic rings. The number of carbonyl (C=O) groups is 1. The molecule has 0 spiro atoms. The average Bonchev–Trinajstić information content (AvgIpc) is 3.21. The van der Waals surface area contributed by atoms with Gasteiger partial charge in [0.15, 0.2) is 17.0 Å². The van der Waals surface area contributed by atoms with E-state index in [0.717, 1.165) is 0 Å². The second-order valence-corrected chi connectivity index (χ2v) is 5.84. The van der Waals surface area contributed by atoms with Gasteiger partial charge in [-0.1, -0.05) is 0 Å². The number of rotatable bonds is 6. The maximum absolute atomic E-state index is 12.1. The van der Waals surface area contributed by atoms with Gasteiger partial charge in [0.2, 0.25) is 0 Å². The first-order valence-electron chi connectivity index (χ1n) is 8.02. The minimum absolute atomic E-state index is 0.00791. The second kappa shape index (κ2) is 7.62. The van der Waals surface area contributed by atoms with E-state index in [1.165, 1.54) is 12.7 Å². The van der Waals surface area contributed by atoms with Crippen molar-refractivity contribution in [3.63, 3.8) is 0 Å². The predicted octanol–water partition coefficient (Wildman–Crippen LogP) is -0.443. The van der Waals surface area contributed by atoms with Crippen molar-refractivity contribution in [3.05, 3.63) is 12.7 Å². The van der Waals surface area contributed by atoms with Crippen LogP contribution in [0.3, 0.4) is 0 Å². The summed E-state index contributed by atoms with van der Waals surface area (Å²) in [5, 5.41) is 23.6. The summed E-state index contributed by atoms with van der Waals surface area (Å²) in [5.74, 6) is -1.74. The van der Waals surface area contributed by atoms with Crippen LogP contribution < -0.4 is 10.6 Å². The van der Waals surface area contributed by atoms with Crippen LogP contribution in [-0.4, -0.2) is 73.7 Å². The molecule has 2 aromatic heterocycles. The predicted molar refractivity (Wildman–Crippen MR) is 84.5 cm³/mol. The van der Waals surface area contributed by atoms with E-state index in [-0.39, 0.29) is 31.9 Å². The summed E-state index contributed by atoms with van der Waals surface area (Å²) in [7, 11) is 0. The highest BCUT2D eigenvalue weighted by molar-refractivity contribution is 5.83. The van der Waals surface area contributed by atoms with Gasteiger partial charge < -0.3 is 25.6 Å². The SMILES string of the molecule is O=C(NCCNc1ncnc2c1ncn2C1CC(O)C(CO)O1)C(F)(F)F. The van der Waals surface area contributed by atoms with Crippen molar-refractivity contribution in [2.24, 2.45) is 0 Å². The van der Waals surface area contributed by atoms with Gasteiger partial charge in [-0.15, -0.1) is 0 Å². The molecule has 0 radical (unpaired) electrons. The maximum Gasteiger partial charge on any atom is 0.471 e. The number of carbonyl (C=O) groups excluding carboxylic acids is 1. The Labute approximate surface area is 150 Å². The zero-order valence-corrected chi connectivity index (χ0v) is 13.8. The number of anilines is 1. The maximum atomic E-state index is 12.1. The first-order chi connectivity index (χ1) is 12.8. The van der Waals surface area contributed by atoms with Crippen LogP contribution in [0.15, 0.2) is 12.7 Å². The first kappa shape index (κ1) is 19.3. The number of alkyl halides is 3. The molecule has 3 atom stereocenters. The number of ether oxygens (including phenoxy) is 1. The molecule has 1 saturated heterocycles. The summed E-state index contributed by atoms with van der Waals surface area (Å²) < 4.78 is 43.5. The van der Waals surface area contributed by atoms with Crippen molar-refractivity contribution >= 4 is 22.9 Å². The summed E-state index contributed by atoms with van der Waals surface area (Å²) in [4.78, 5) is 23.0. The van der Waals surface area contributed by atoms with Crippen LogP contribution in [0.4, 0.5) is 19.0 Å². The summed E-state index contributed by atoms with van der Waals surface area (Å²) in [5.41, 5.74) is 0.743. The molecule has 13 heteroatoms. The third-order valence-electron chi connectivity index (χ3n) is 4.01. The van der Waals surface area contributed by atoms with E-state index in [4.69, 9.17) is 4.74 Å². The summed E-state index contributed by atoms with van der Waals surface area (Å²) in [6.07, 6.45) is -4.11. The standard InChI is InChI=1S/C14H17F3N6O4/c15-14(16,17)13(26)19-2-1-18-11-10-12(21-5-20-11)23(6-22-10)9-3-7(25)8(4-24)27-9/h5-9,24-25H,1-4H2,(H,19,26)(H,18,20,21). The molecule has 0 aromatic carbocycles. The van der Waals surface area contributed by atoms with Crippen LogP contribution in [0.5, 0.6) is 0 Å². The van der Waals surface area contributed by atoms with Crippen molar-refractivity contribution in [3.8, 4) is 0 Å². The Hall–Kier alpha value is -2.51. The smallest absolute Gasteiger partial charge is 0.394 e. The van der Waals surface area contributed by atoms with E-state index >= 15 is 0 Å². The summed E-state index contributed by atoms with van der Waals surface area (Å²) in [6.45, 7) is -0.595. The summed E-state index contributed by atoms with van der Waals surface area (Å²) >= 11 is 0. The fraction of sp³-hybridized carbons (Fsp3) is 0.571. The van der Waals surface area contributed by atoms with Crippen LogP contribution in [0.2, 0.25) is 0 Å². The van der Waals surface area contributed by atoms with Crippen LogP contribution in [-0.2, 0) is 9.53 Å². The third kappa shape index (κ3) is 4.09. The molecule has 148 valence electrons. The molecule has 2 aromatic rings. The molecule has 10 nitrogen and oxygen atoms in total. The number of aromatic nitrogens is 4. The Morgan fingerprint density at radius 1 is 1.33 bits per heavy atom. The van der Waals surface area contributed by atoms with Crippen molar-refractivity contribution in [1.29, 1.82) is 0 Å². The number of nitrogens with one attached hydrogen (secondary N) is 2. The molecule has 0 bridgehead atoms. The number of hydrogen-bond acceptors (Lipinski definition) is 8. The number of aliphatic hydroxyl groups excluding tert-OH is 2. The zero-order valence-electron chi connectivity index (χ0n) is 13.8. The van der Waals surface area contributed by atoms with Gasteiger partial charge in [0.1, 0.15) is 18.7 Å². The van der Waals surface area contributed by atoms with Crippen LogP contribution in [0, 0.1) is 0 Å². The number of aliphatic hydroxyl groups is 2. The number of nitrogens with zero attached hydrogens (tertiary/aromatic N) is 4. The molecule has 4 N–H and O–H groups in total. The van der Waals surface area contributed by atoms with Gasteiger partial charge in [0, 0.05) is 19.5 Å². The van der Waals surface area contributed by atoms with Crippen LogP contribution in [0.25, 0.3) is 11.2 Å². The zero-order chi connectivity index (χ0) is 19.6. The molecular weight excluding hydrogens is 373 g/mol. The molecule has 1 fully saturated rings. The lowest BCUT2D eigenvalue weighted by Gasteiger charge is -2.13. The minimum Gasteiger partial charge on any atom is -0.394 e. The van der Waals surface area contributed by atoms with E-state index < -0.39 is 30.5 Å². The Morgan fingerprint density at radius 3 is 2.78 bits per heavy atom. The number of imidazole rings is 1. The van der Waals surface area contributed by atoms with Crippen molar-refractivity contribution < 1.29 is 32.9 Å². The fourth-order valence-corrected chi connectivity index (χ4v) is 2.70. The first-order valence-corrected chi connectivity index (χ1v) is 8.02. The lowest BCUT2D eigenvalue weighted by atomic mass is 10.2. The van der Waals surface area contributed by atoms with Gasteiger partial charge in [0.25, 0.3) is 0 Å².